The van der Waals surface area contributed by atoms with Crippen LogP contribution < -0.4 is 25.0 Å². The number of amides is 2. The Hall–Kier alpha value is -2.48. The van der Waals surface area contributed by atoms with Crippen LogP contribution in [0.2, 0.25) is 0 Å². The van der Waals surface area contributed by atoms with Gasteiger partial charge in [0, 0.05) is 38.8 Å². The number of likely N-dealkylation sites (tertiary alicyclic amines) is 1. The van der Waals surface area contributed by atoms with Crippen LogP contribution in [0.15, 0.2) is 12.1 Å². The molecular formula is C23H36N4O4. The van der Waals surface area contributed by atoms with Gasteiger partial charge in [-0.1, -0.05) is 0 Å². The van der Waals surface area contributed by atoms with Gasteiger partial charge in [0.25, 0.3) is 5.91 Å². The van der Waals surface area contributed by atoms with E-state index >= 15 is 0 Å². The molecule has 8 heteroatoms. The molecule has 2 aliphatic heterocycles. The van der Waals surface area contributed by atoms with Crippen LogP contribution in [0.4, 0.5) is 5.69 Å². The molecule has 0 bridgehead atoms. The maximum absolute atomic E-state index is 13.4. The van der Waals surface area contributed by atoms with Crippen LogP contribution in [0.5, 0.6) is 11.5 Å². The van der Waals surface area contributed by atoms with E-state index in [0.717, 1.165) is 63.2 Å². The number of hydrogen-bond acceptors (Lipinski definition) is 6. The zero-order valence-electron chi connectivity index (χ0n) is 19.0. The van der Waals surface area contributed by atoms with Crippen molar-refractivity contribution in [3.63, 3.8) is 0 Å². The zero-order valence-corrected chi connectivity index (χ0v) is 19.0. The van der Waals surface area contributed by atoms with Gasteiger partial charge in [-0.05, 0) is 57.2 Å². The number of anilines is 1. The Morgan fingerprint density at radius 3 is 2.19 bits per heavy atom. The summed E-state index contributed by atoms with van der Waals surface area (Å²) in [6, 6.07) is 3.78. The molecule has 2 fully saturated rings. The fourth-order valence-electron chi connectivity index (χ4n) is 4.69. The van der Waals surface area contributed by atoms with Crippen molar-refractivity contribution in [1.29, 1.82) is 0 Å². The van der Waals surface area contributed by atoms with E-state index in [0.29, 0.717) is 42.8 Å². The van der Waals surface area contributed by atoms with Gasteiger partial charge < -0.3 is 29.9 Å². The summed E-state index contributed by atoms with van der Waals surface area (Å²) in [6.45, 7) is 4.96. The summed E-state index contributed by atoms with van der Waals surface area (Å²) in [7, 11) is 5.25. The van der Waals surface area contributed by atoms with E-state index < -0.39 is 0 Å². The predicted molar refractivity (Wildman–Crippen MR) is 121 cm³/mol. The van der Waals surface area contributed by atoms with Gasteiger partial charge >= 0.3 is 0 Å². The molecule has 172 valence electrons. The molecule has 0 aromatic heterocycles. The van der Waals surface area contributed by atoms with Crippen molar-refractivity contribution in [1.82, 2.24) is 15.5 Å². The minimum atomic E-state index is -0.00683. The van der Waals surface area contributed by atoms with E-state index in [4.69, 9.17) is 9.47 Å². The summed E-state index contributed by atoms with van der Waals surface area (Å²) in [5.74, 6) is 2.37. The summed E-state index contributed by atoms with van der Waals surface area (Å²) in [5, 5.41) is 6.03. The van der Waals surface area contributed by atoms with Crippen LogP contribution in [-0.2, 0) is 4.79 Å². The molecule has 0 radical (unpaired) electrons. The lowest BCUT2D eigenvalue weighted by Gasteiger charge is -2.35. The maximum atomic E-state index is 13.4. The summed E-state index contributed by atoms with van der Waals surface area (Å²) in [4.78, 5) is 28.1. The first-order valence-corrected chi connectivity index (χ1v) is 11.2. The van der Waals surface area contributed by atoms with Crippen molar-refractivity contribution >= 4 is 18.0 Å². The van der Waals surface area contributed by atoms with Crippen molar-refractivity contribution in [2.75, 3.05) is 65.4 Å². The molecule has 0 saturated carbocycles. The monoisotopic (exact) mass is 432 g/mol. The van der Waals surface area contributed by atoms with Gasteiger partial charge in [-0.2, -0.15) is 0 Å². The van der Waals surface area contributed by atoms with E-state index in [9.17, 15) is 9.59 Å². The number of carbonyl (C=O) groups excluding carboxylic acids is 2. The highest BCUT2D eigenvalue weighted by molar-refractivity contribution is 5.98. The summed E-state index contributed by atoms with van der Waals surface area (Å²) >= 11 is 0. The molecule has 1 aromatic carbocycles. The smallest absolute Gasteiger partial charge is 0.257 e. The van der Waals surface area contributed by atoms with Crippen LogP contribution in [0, 0.1) is 11.8 Å². The number of nitrogens with one attached hydrogen (secondary N) is 2. The summed E-state index contributed by atoms with van der Waals surface area (Å²) in [6.07, 6.45) is 4.74. The third-order valence-corrected chi connectivity index (χ3v) is 6.57. The minimum absolute atomic E-state index is 0.00683. The Balaban J connectivity index is 1.76. The molecule has 0 unspecified atom stereocenters. The average Bonchev–Trinajstić information content (AvgIpc) is 2.82. The highest BCUT2D eigenvalue weighted by atomic mass is 16.5. The van der Waals surface area contributed by atoms with Crippen LogP contribution in [-0.4, -0.2) is 77.8 Å². The highest BCUT2D eigenvalue weighted by Crippen LogP contribution is 2.38. The number of piperidine rings is 2. The molecule has 2 amide bonds. The van der Waals surface area contributed by atoms with E-state index in [2.05, 4.69) is 15.5 Å². The van der Waals surface area contributed by atoms with E-state index in [1.165, 1.54) is 0 Å². The van der Waals surface area contributed by atoms with Gasteiger partial charge in [-0.15, -0.1) is 0 Å². The molecule has 0 atom stereocenters. The van der Waals surface area contributed by atoms with Gasteiger partial charge in [-0.3, -0.25) is 9.59 Å². The number of ether oxygens (including phenoxy) is 2. The number of carbonyl (C=O) groups is 2. The lowest BCUT2D eigenvalue weighted by molar-refractivity contribution is -0.109. The van der Waals surface area contributed by atoms with Crippen LogP contribution in [0.25, 0.3) is 0 Å². The number of nitrogens with zero attached hydrogens (tertiary/aromatic N) is 2. The van der Waals surface area contributed by atoms with Gasteiger partial charge in [0.05, 0.1) is 25.5 Å². The van der Waals surface area contributed by atoms with Gasteiger partial charge in [0.1, 0.15) is 11.5 Å². The van der Waals surface area contributed by atoms with Crippen LogP contribution >= 0.6 is 0 Å². The molecule has 0 aliphatic carbocycles. The Morgan fingerprint density at radius 2 is 1.61 bits per heavy atom. The largest absolute Gasteiger partial charge is 0.496 e. The lowest BCUT2D eigenvalue weighted by atomic mass is 9.95. The molecule has 3 rings (SSSR count). The first-order valence-electron chi connectivity index (χ1n) is 11.2. The number of methoxy groups -OCH3 is 2. The normalized spacial score (nSPS) is 18.0. The number of hydrogen-bond donors (Lipinski definition) is 2. The SMILES string of the molecule is CNCC1CCN(c2cc(C(=O)N3CCC(CNC=O)CC3)c(OC)cc2OC)CC1. The summed E-state index contributed by atoms with van der Waals surface area (Å²) in [5.41, 5.74) is 1.54. The van der Waals surface area contributed by atoms with Gasteiger partial charge in [-0.25, -0.2) is 0 Å². The Bertz CT molecular complexity index is 741. The topological polar surface area (TPSA) is 83.1 Å². The molecule has 2 aliphatic rings. The fourth-order valence-corrected chi connectivity index (χ4v) is 4.69. The molecule has 1 aromatic rings. The molecular weight excluding hydrogens is 396 g/mol. The van der Waals surface area contributed by atoms with Crippen LogP contribution in [0.1, 0.15) is 36.0 Å². The Kier molecular flexibility index (Phi) is 8.40. The number of benzene rings is 1. The third kappa shape index (κ3) is 5.61. The standard InChI is InChI=1S/C23H36N4O4/c1-24-14-17-4-8-26(9-5-17)20-12-19(21(30-2)13-22(20)31-3)23(29)27-10-6-18(7-11-27)15-25-16-28/h12-13,16-18,24H,4-11,14-15H2,1-3H3,(H,25,28). The van der Waals surface area contributed by atoms with Crippen molar-refractivity contribution in [2.45, 2.75) is 25.7 Å². The van der Waals surface area contributed by atoms with Crippen molar-refractivity contribution in [3.8, 4) is 11.5 Å². The molecule has 8 nitrogen and oxygen atoms in total. The predicted octanol–water partition coefficient (Wildman–Crippen LogP) is 1.74. The van der Waals surface area contributed by atoms with Crippen molar-refractivity contribution in [3.05, 3.63) is 17.7 Å². The van der Waals surface area contributed by atoms with E-state index in [-0.39, 0.29) is 5.91 Å². The third-order valence-electron chi connectivity index (χ3n) is 6.57. The number of rotatable bonds is 9. The Labute approximate surface area is 185 Å². The highest BCUT2D eigenvalue weighted by Gasteiger charge is 2.28. The molecule has 31 heavy (non-hydrogen) atoms. The van der Waals surface area contributed by atoms with E-state index in [1.54, 1.807) is 14.2 Å². The lowest BCUT2D eigenvalue weighted by Crippen LogP contribution is -2.41. The average molecular weight is 433 g/mol. The zero-order chi connectivity index (χ0) is 22.2. The minimum Gasteiger partial charge on any atom is -0.496 e. The molecule has 0 spiro atoms. The van der Waals surface area contributed by atoms with Crippen molar-refractivity contribution < 1.29 is 19.1 Å². The van der Waals surface area contributed by atoms with E-state index in [1.807, 2.05) is 24.1 Å². The summed E-state index contributed by atoms with van der Waals surface area (Å²) < 4.78 is 11.2. The fraction of sp³-hybridized carbons (Fsp3) is 0.652. The quantitative estimate of drug-likeness (QED) is 0.579. The maximum Gasteiger partial charge on any atom is 0.257 e. The first kappa shape index (κ1) is 23.2. The second-order valence-corrected chi connectivity index (χ2v) is 8.47. The van der Waals surface area contributed by atoms with Crippen molar-refractivity contribution in [2.24, 2.45) is 11.8 Å². The second-order valence-electron chi connectivity index (χ2n) is 8.47. The first-order chi connectivity index (χ1) is 15.1. The second kappa shape index (κ2) is 11.2. The molecule has 2 N–H and O–H groups in total. The molecule has 2 heterocycles. The molecule has 2 saturated heterocycles. The van der Waals surface area contributed by atoms with Gasteiger partial charge in [0.2, 0.25) is 6.41 Å². The van der Waals surface area contributed by atoms with Gasteiger partial charge in [0.15, 0.2) is 0 Å². The van der Waals surface area contributed by atoms with Crippen LogP contribution in [0.3, 0.4) is 0 Å². The Morgan fingerprint density at radius 1 is 1.00 bits per heavy atom.